The Hall–Kier alpha value is -0.160. The molecule has 2 aliphatic rings. The summed E-state index contributed by atoms with van der Waals surface area (Å²) in [4.78, 5) is 0. The zero-order chi connectivity index (χ0) is 15.0. The minimum absolute atomic E-state index is 0.436. The molecule has 2 atom stereocenters. The first kappa shape index (κ1) is 17.2. The third-order valence-corrected chi connectivity index (χ3v) is 5.14. The molecular weight excluding hydrogens is 266 g/mol. The van der Waals surface area contributed by atoms with E-state index in [1.807, 2.05) is 0 Å². The SMILES string of the molecule is CCCNC1CC(OCCOCCCOC)C12CCCC2. The molecule has 0 aromatic heterocycles. The van der Waals surface area contributed by atoms with Crippen LogP contribution in [0.15, 0.2) is 0 Å². The van der Waals surface area contributed by atoms with Crippen molar-refractivity contribution in [1.82, 2.24) is 5.32 Å². The molecular formula is C17H33NO3. The van der Waals surface area contributed by atoms with Gasteiger partial charge in [0.05, 0.1) is 19.3 Å². The van der Waals surface area contributed by atoms with Crippen molar-refractivity contribution in [3.63, 3.8) is 0 Å². The lowest BCUT2D eigenvalue weighted by Gasteiger charge is -2.54. The summed E-state index contributed by atoms with van der Waals surface area (Å²) in [5.74, 6) is 0. The second-order valence-electron chi connectivity index (χ2n) is 6.50. The predicted octanol–water partition coefficient (Wildman–Crippen LogP) is 2.76. The van der Waals surface area contributed by atoms with Crippen molar-refractivity contribution in [2.75, 3.05) is 40.1 Å². The molecule has 2 aliphatic carbocycles. The fraction of sp³-hybridized carbons (Fsp3) is 1.00. The summed E-state index contributed by atoms with van der Waals surface area (Å²) in [6, 6.07) is 0.688. The van der Waals surface area contributed by atoms with Crippen LogP contribution in [-0.2, 0) is 14.2 Å². The summed E-state index contributed by atoms with van der Waals surface area (Å²) >= 11 is 0. The molecule has 0 amide bonds. The van der Waals surface area contributed by atoms with Gasteiger partial charge in [-0.1, -0.05) is 19.8 Å². The minimum atomic E-state index is 0.436. The van der Waals surface area contributed by atoms with Crippen LogP contribution < -0.4 is 5.32 Å². The average molecular weight is 299 g/mol. The Morgan fingerprint density at radius 2 is 1.90 bits per heavy atom. The van der Waals surface area contributed by atoms with Gasteiger partial charge in [0.2, 0.25) is 0 Å². The molecule has 0 saturated heterocycles. The molecule has 2 unspecified atom stereocenters. The predicted molar refractivity (Wildman–Crippen MR) is 84.7 cm³/mol. The number of hydrogen-bond acceptors (Lipinski definition) is 4. The van der Waals surface area contributed by atoms with Crippen LogP contribution in [0.3, 0.4) is 0 Å². The van der Waals surface area contributed by atoms with Crippen LogP contribution in [0.4, 0.5) is 0 Å². The first-order valence-electron chi connectivity index (χ1n) is 8.75. The molecule has 0 radical (unpaired) electrons. The van der Waals surface area contributed by atoms with Gasteiger partial charge in [-0.3, -0.25) is 0 Å². The average Bonchev–Trinajstić information content (AvgIpc) is 3.00. The monoisotopic (exact) mass is 299 g/mol. The molecule has 0 aliphatic heterocycles. The van der Waals surface area contributed by atoms with Gasteiger partial charge in [-0.05, 0) is 38.6 Å². The molecule has 0 aromatic rings. The van der Waals surface area contributed by atoms with Gasteiger partial charge in [0.1, 0.15) is 0 Å². The van der Waals surface area contributed by atoms with Crippen LogP contribution in [0.2, 0.25) is 0 Å². The number of nitrogens with one attached hydrogen (secondary N) is 1. The molecule has 21 heavy (non-hydrogen) atoms. The summed E-state index contributed by atoms with van der Waals surface area (Å²) in [5, 5.41) is 3.73. The highest BCUT2D eigenvalue weighted by molar-refractivity contribution is 5.09. The van der Waals surface area contributed by atoms with E-state index in [2.05, 4.69) is 12.2 Å². The van der Waals surface area contributed by atoms with Crippen molar-refractivity contribution in [1.29, 1.82) is 0 Å². The summed E-state index contributed by atoms with van der Waals surface area (Å²) < 4.78 is 16.7. The number of hydrogen-bond donors (Lipinski definition) is 1. The summed E-state index contributed by atoms with van der Waals surface area (Å²) in [6.45, 7) is 6.37. The molecule has 4 heteroatoms. The maximum absolute atomic E-state index is 6.14. The van der Waals surface area contributed by atoms with Gasteiger partial charge < -0.3 is 19.5 Å². The Kier molecular flexibility index (Phi) is 7.44. The highest BCUT2D eigenvalue weighted by Crippen LogP contribution is 2.54. The summed E-state index contributed by atoms with van der Waals surface area (Å²) in [7, 11) is 1.73. The number of methoxy groups -OCH3 is 1. The van der Waals surface area contributed by atoms with Gasteiger partial charge >= 0.3 is 0 Å². The van der Waals surface area contributed by atoms with Crippen LogP contribution in [0, 0.1) is 5.41 Å². The minimum Gasteiger partial charge on any atom is -0.385 e. The second kappa shape index (κ2) is 9.09. The van der Waals surface area contributed by atoms with Crippen LogP contribution in [0.25, 0.3) is 0 Å². The normalized spacial score (nSPS) is 27.1. The zero-order valence-electron chi connectivity index (χ0n) is 13.9. The van der Waals surface area contributed by atoms with E-state index in [1.165, 1.54) is 38.5 Å². The standard InChI is InChI=1S/C17H33NO3/c1-3-9-18-15-14-16(17(15)7-4-5-8-17)21-13-12-20-11-6-10-19-2/h15-16,18H,3-14H2,1-2H3. The largest absolute Gasteiger partial charge is 0.385 e. The van der Waals surface area contributed by atoms with Gasteiger partial charge in [-0.2, -0.15) is 0 Å². The lowest BCUT2D eigenvalue weighted by Crippen LogP contribution is -2.62. The topological polar surface area (TPSA) is 39.7 Å². The van der Waals surface area contributed by atoms with E-state index in [4.69, 9.17) is 14.2 Å². The zero-order valence-corrected chi connectivity index (χ0v) is 13.9. The number of rotatable bonds is 11. The maximum Gasteiger partial charge on any atom is 0.0704 e. The van der Waals surface area contributed by atoms with E-state index in [1.54, 1.807) is 7.11 Å². The Bertz CT molecular complexity index is 279. The fourth-order valence-corrected chi connectivity index (χ4v) is 3.95. The third kappa shape index (κ3) is 4.41. The van der Waals surface area contributed by atoms with Gasteiger partial charge in [-0.15, -0.1) is 0 Å². The van der Waals surface area contributed by atoms with Crippen molar-refractivity contribution in [3.05, 3.63) is 0 Å². The van der Waals surface area contributed by atoms with Gasteiger partial charge in [0, 0.05) is 31.8 Å². The van der Waals surface area contributed by atoms with E-state index < -0.39 is 0 Å². The molecule has 0 aromatic carbocycles. The summed E-state index contributed by atoms with van der Waals surface area (Å²) in [6.07, 6.45) is 9.25. The molecule has 1 N–H and O–H groups in total. The van der Waals surface area contributed by atoms with Crippen LogP contribution in [-0.4, -0.2) is 52.2 Å². The lowest BCUT2D eigenvalue weighted by atomic mass is 9.60. The first-order valence-corrected chi connectivity index (χ1v) is 8.75. The van der Waals surface area contributed by atoms with Crippen LogP contribution in [0.1, 0.15) is 51.9 Å². The Labute approximate surface area is 129 Å². The van der Waals surface area contributed by atoms with Crippen molar-refractivity contribution < 1.29 is 14.2 Å². The highest BCUT2D eigenvalue weighted by Gasteiger charge is 2.56. The third-order valence-electron chi connectivity index (χ3n) is 5.14. The molecule has 2 saturated carbocycles. The van der Waals surface area contributed by atoms with Crippen LogP contribution in [0.5, 0.6) is 0 Å². The molecule has 4 nitrogen and oxygen atoms in total. The van der Waals surface area contributed by atoms with Gasteiger partial charge in [0.15, 0.2) is 0 Å². The molecule has 2 fully saturated rings. The van der Waals surface area contributed by atoms with Crippen molar-refractivity contribution >= 4 is 0 Å². The second-order valence-corrected chi connectivity index (χ2v) is 6.50. The quantitative estimate of drug-likeness (QED) is 0.596. The van der Waals surface area contributed by atoms with Crippen molar-refractivity contribution in [2.24, 2.45) is 5.41 Å². The molecule has 1 spiro atoms. The first-order chi connectivity index (χ1) is 10.3. The Morgan fingerprint density at radius 3 is 2.62 bits per heavy atom. The molecule has 0 heterocycles. The van der Waals surface area contributed by atoms with Crippen molar-refractivity contribution in [2.45, 2.75) is 64.0 Å². The van der Waals surface area contributed by atoms with E-state index in [-0.39, 0.29) is 0 Å². The van der Waals surface area contributed by atoms with Gasteiger partial charge in [0.25, 0.3) is 0 Å². The van der Waals surface area contributed by atoms with Crippen molar-refractivity contribution in [3.8, 4) is 0 Å². The molecule has 0 bridgehead atoms. The van der Waals surface area contributed by atoms with Crippen LogP contribution >= 0.6 is 0 Å². The maximum atomic E-state index is 6.14. The van der Waals surface area contributed by atoms with E-state index in [0.717, 1.165) is 32.8 Å². The summed E-state index contributed by atoms with van der Waals surface area (Å²) in [5.41, 5.74) is 0.436. The lowest BCUT2D eigenvalue weighted by molar-refractivity contribution is -0.141. The smallest absolute Gasteiger partial charge is 0.0704 e. The Balaban J connectivity index is 1.62. The van der Waals surface area contributed by atoms with E-state index in [0.29, 0.717) is 24.2 Å². The highest BCUT2D eigenvalue weighted by atomic mass is 16.5. The molecule has 124 valence electrons. The Morgan fingerprint density at radius 1 is 1.10 bits per heavy atom. The number of ether oxygens (including phenoxy) is 3. The van der Waals surface area contributed by atoms with E-state index >= 15 is 0 Å². The molecule has 2 rings (SSSR count). The van der Waals surface area contributed by atoms with Gasteiger partial charge in [-0.25, -0.2) is 0 Å². The fourth-order valence-electron chi connectivity index (χ4n) is 3.95. The van der Waals surface area contributed by atoms with E-state index in [9.17, 15) is 0 Å².